The lowest BCUT2D eigenvalue weighted by Crippen LogP contribution is -2.26. The molecular weight excluding hydrogens is 290 g/mol. The number of nitrogens with zero attached hydrogens (tertiary/aromatic N) is 1. The minimum atomic E-state index is -0.381. The Morgan fingerprint density at radius 1 is 1.35 bits per heavy atom. The SMILES string of the molecule is N#C/C(=C/c1ccoc1)C(=O)NCCc1c[nH]c2ccccc12. The van der Waals surface area contributed by atoms with E-state index < -0.39 is 0 Å². The van der Waals surface area contributed by atoms with E-state index in [0.29, 0.717) is 18.5 Å². The molecule has 0 radical (unpaired) electrons. The van der Waals surface area contributed by atoms with Gasteiger partial charge >= 0.3 is 0 Å². The smallest absolute Gasteiger partial charge is 0.261 e. The van der Waals surface area contributed by atoms with Crippen molar-refractivity contribution >= 4 is 22.9 Å². The van der Waals surface area contributed by atoms with E-state index in [2.05, 4.69) is 10.3 Å². The molecule has 1 aromatic carbocycles. The molecule has 2 aromatic heterocycles. The van der Waals surface area contributed by atoms with E-state index >= 15 is 0 Å². The Morgan fingerprint density at radius 3 is 3.00 bits per heavy atom. The lowest BCUT2D eigenvalue weighted by atomic mass is 10.1. The number of benzene rings is 1. The highest BCUT2D eigenvalue weighted by Crippen LogP contribution is 2.17. The van der Waals surface area contributed by atoms with Crippen LogP contribution in [0.4, 0.5) is 0 Å². The Kier molecular flexibility index (Phi) is 4.25. The molecule has 0 aliphatic rings. The summed E-state index contributed by atoms with van der Waals surface area (Å²) in [5, 5.41) is 13.0. The zero-order chi connectivity index (χ0) is 16.1. The fourth-order valence-electron chi connectivity index (χ4n) is 2.42. The number of aromatic amines is 1. The van der Waals surface area contributed by atoms with Crippen LogP contribution in [0.5, 0.6) is 0 Å². The number of carbonyl (C=O) groups excluding carboxylic acids is 1. The lowest BCUT2D eigenvalue weighted by Gasteiger charge is -2.03. The Balaban J connectivity index is 1.62. The highest BCUT2D eigenvalue weighted by atomic mass is 16.3. The lowest BCUT2D eigenvalue weighted by molar-refractivity contribution is -0.117. The molecule has 5 heteroatoms. The zero-order valence-electron chi connectivity index (χ0n) is 12.4. The molecular formula is C18H15N3O2. The number of furan rings is 1. The van der Waals surface area contributed by atoms with Crippen LogP contribution in [-0.4, -0.2) is 17.4 Å². The third kappa shape index (κ3) is 3.33. The van der Waals surface area contributed by atoms with Gasteiger partial charge in [0.1, 0.15) is 11.6 Å². The summed E-state index contributed by atoms with van der Waals surface area (Å²) in [5.41, 5.74) is 2.96. The average Bonchev–Trinajstić information content (AvgIpc) is 3.22. The number of hydrogen-bond donors (Lipinski definition) is 2. The molecule has 3 aromatic rings. The van der Waals surface area contributed by atoms with Crippen molar-refractivity contribution in [3.05, 3.63) is 65.8 Å². The topological polar surface area (TPSA) is 81.8 Å². The summed E-state index contributed by atoms with van der Waals surface area (Å²) in [6.45, 7) is 0.463. The van der Waals surface area contributed by atoms with Crippen molar-refractivity contribution in [3.63, 3.8) is 0 Å². The molecule has 0 fully saturated rings. The Labute approximate surface area is 133 Å². The number of amides is 1. The minimum absolute atomic E-state index is 0.0605. The number of nitrogens with one attached hydrogen (secondary N) is 2. The van der Waals surface area contributed by atoms with E-state index in [1.165, 1.54) is 18.6 Å². The molecule has 23 heavy (non-hydrogen) atoms. The first-order valence-corrected chi connectivity index (χ1v) is 7.25. The van der Waals surface area contributed by atoms with Crippen LogP contribution in [0.1, 0.15) is 11.1 Å². The molecule has 0 unspecified atom stereocenters. The van der Waals surface area contributed by atoms with Gasteiger partial charge in [0.25, 0.3) is 5.91 Å². The number of para-hydroxylation sites is 1. The number of H-pyrrole nitrogens is 1. The van der Waals surface area contributed by atoms with Gasteiger partial charge in [0, 0.05) is 29.2 Å². The van der Waals surface area contributed by atoms with E-state index in [0.717, 1.165) is 16.5 Å². The second kappa shape index (κ2) is 6.67. The number of aromatic nitrogens is 1. The van der Waals surface area contributed by atoms with Gasteiger partial charge in [-0.05, 0) is 30.2 Å². The van der Waals surface area contributed by atoms with Crippen LogP contribution in [0.25, 0.3) is 17.0 Å². The summed E-state index contributed by atoms with van der Waals surface area (Å²) >= 11 is 0. The van der Waals surface area contributed by atoms with Gasteiger partial charge < -0.3 is 14.7 Å². The van der Waals surface area contributed by atoms with Crippen molar-refractivity contribution in [2.24, 2.45) is 0 Å². The normalized spacial score (nSPS) is 11.3. The molecule has 0 saturated carbocycles. The summed E-state index contributed by atoms with van der Waals surface area (Å²) in [5.74, 6) is -0.381. The standard InChI is InChI=1S/C18H15N3O2/c19-10-15(9-13-6-8-23-12-13)18(22)20-7-5-14-11-21-17-4-2-1-3-16(14)17/h1-4,6,8-9,11-12,21H,5,7H2,(H,20,22)/b15-9-. The highest BCUT2D eigenvalue weighted by molar-refractivity contribution is 6.01. The maximum absolute atomic E-state index is 12.1. The quantitative estimate of drug-likeness (QED) is 0.561. The predicted octanol–water partition coefficient (Wildman–Crippen LogP) is 3.03. The van der Waals surface area contributed by atoms with Crippen molar-refractivity contribution in [1.82, 2.24) is 10.3 Å². The number of carbonyl (C=O) groups is 1. The molecule has 0 saturated heterocycles. The second-order valence-electron chi connectivity index (χ2n) is 5.09. The van der Waals surface area contributed by atoms with Gasteiger partial charge in [0.2, 0.25) is 0 Å². The number of rotatable bonds is 5. The van der Waals surface area contributed by atoms with Crippen LogP contribution < -0.4 is 5.32 Å². The van der Waals surface area contributed by atoms with E-state index in [1.807, 2.05) is 36.5 Å². The molecule has 5 nitrogen and oxygen atoms in total. The zero-order valence-corrected chi connectivity index (χ0v) is 12.4. The van der Waals surface area contributed by atoms with Gasteiger partial charge in [-0.3, -0.25) is 4.79 Å². The van der Waals surface area contributed by atoms with Crippen molar-refractivity contribution < 1.29 is 9.21 Å². The Morgan fingerprint density at radius 2 is 2.22 bits per heavy atom. The molecule has 0 aliphatic carbocycles. The first kappa shape index (κ1) is 14.7. The largest absolute Gasteiger partial charge is 0.472 e. The van der Waals surface area contributed by atoms with Crippen molar-refractivity contribution in [2.45, 2.75) is 6.42 Å². The third-order valence-electron chi connectivity index (χ3n) is 3.57. The summed E-state index contributed by atoms with van der Waals surface area (Å²) in [6.07, 6.45) is 7.13. The molecule has 2 N–H and O–H groups in total. The van der Waals surface area contributed by atoms with Crippen LogP contribution in [0.15, 0.2) is 59.0 Å². The van der Waals surface area contributed by atoms with E-state index in [1.54, 1.807) is 6.07 Å². The molecule has 1 amide bonds. The monoisotopic (exact) mass is 305 g/mol. The molecule has 114 valence electrons. The minimum Gasteiger partial charge on any atom is -0.472 e. The van der Waals surface area contributed by atoms with Crippen molar-refractivity contribution in [2.75, 3.05) is 6.54 Å². The third-order valence-corrected chi connectivity index (χ3v) is 3.57. The van der Waals surface area contributed by atoms with Gasteiger partial charge in [-0.2, -0.15) is 5.26 Å². The molecule has 3 rings (SSSR count). The van der Waals surface area contributed by atoms with Crippen LogP contribution >= 0.6 is 0 Å². The first-order chi connectivity index (χ1) is 11.3. The number of nitriles is 1. The van der Waals surface area contributed by atoms with E-state index in [4.69, 9.17) is 9.68 Å². The van der Waals surface area contributed by atoms with Gasteiger partial charge in [0.15, 0.2) is 0 Å². The maximum atomic E-state index is 12.1. The van der Waals surface area contributed by atoms with Crippen LogP contribution in [0.2, 0.25) is 0 Å². The molecule has 0 bridgehead atoms. The Bertz CT molecular complexity index is 883. The summed E-state index contributed by atoms with van der Waals surface area (Å²) in [4.78, 5) is 15.3. The van der Waals surface area contributed by atoms with Gasteiger partial charge in [-0.25, -0.2) is 0 Å². The number of fused-ring (bicyclic) bond motifs is 1. The van der Waals surface area contributed by atoms with E-state index in [-0.39, 0.29) is 11.5 Å². The molecule has 2 heterocycles. The molecule has 0 aliphatic heterocycles. The second-order valence-corrected chi connectivity index (χ2v) is 5.09. The summed E-state index contributed by atoms with van der Waals surface area (Å²) < 4.78 is 4.92. The predicted molar refractivity (Wildman–Crippen MR) is 87.3 cm³/mol. The van der Waals surface area contributed by atoms with Crippen LogP contribution in [0, 0.1) is 11.3 Å². The fourth-order valence-corrected chi connectivity index (χ4v) is 2.42. The fraction of sp³-hybridized carbons (Fsp3) is 0.111. The van der Waals surface area contributed by atoms with Crippen LogP contribution in [0.3, 0.4) is 0 Å². The molecule has 0 spiro atoms. The van der Waals surface area contributed by atoms with Crippen molar-refractivity contribution in [3.8, 4) is 6.07 Å². The number of hydrogen-bond acceptors (Lipinski definition) is 3. The van der Waals surface area contributed by atoms with Gasteiger partial charge in [-0.1, -0.05) is 18.2 Å². The maximum Gasteiger partial charge on any atom is 0.261 e. The van der Waals surface area contributed by atoms with Gasteiger partial charge in [0.05, 0.1) is 12.5 Å². The molecule has 0 atom stereocenters. The first-order valence-electron chi connectivity index (χ1n) is 7.25. The van der Waals surface area contributed by atoms with Crippen molar-refractivity contribution in [1.29, 1.82) is 5.26 Å². The van der Waals surface area contributed by atoms with Crippen LogP contribution in [-0.2, 0) is 11.2 Å². The Hall–Kier alpha value is -3.26. The summed E-state index contributed by atoms with van der Waals surface area (Å²) in [7, 11) is 0. The summed E-state index contributed by atoms with van der Waals surface area (Å²) in [6, 6.07) is 11.6. The highest BCUT2D eigenvalue weighted by Gasteiger charge is 2.09. The van der Waals surface area contributed by atoms with E-state index in [9.17, 15) is 4.79 Å². The van der Waals surface area contributed by atoms with Gasteiger partial charge in [-0.15, -0.1) is 0 Å². The average molecular weight is 305 g/mol.